The summed E-state index contributed by atoms with van der Waals surface area (Å²) in [5, 5.41) is 17.7. The fourth-order valence-corrected chi connectivity index (χ4v) is 3.46. The summed E-state index contributed by atoms with van der Waals surface area (Å²) in [5.74, 6) is 1.88. The number of para-hydroxylation sites is 1. The van der Waals surface area contributed by atoms with Crippen LogP contribution in [0.4, 0.5) is 5.69 Å². The molecule has 0 spiro atoms. The van der Waals surface area contributed by atoms with E-state index in [1.54, 1.807) is 6.07 Å². The Balaban J connectivity index is 0.00000334. The zero-order valence-corrected chi connectivity index (χ0v) is 24.5. The molecule has 0 saturated heterocycles. The molecule has 9 heteroatoms. The SMILES string of the molecule is CC(C)c1cccc(C(C)C)c1N=Cc1[c-]cc(OCCCOCCO)c(OCCOCCO)c1.[Cl][Pd+]. The molecule has 0 saturated carbocycles. The summed E-state index contributed by atoms with van der Waals surface area (Å²) in [6.07, 6.45) is 2.50. The van der Waals surface area contributed by atoms with E-state index in [0.29, 0.717) is 62.8 Å². The fraction of sp³-hybridized carbons (Fsp3) is 0.536. The summed E-state index contributed by atoms with van der Waals surface area (Å²) < 4.78 is 22.4. The minimum absolute atomic E-state index is 0.00940. The molecule has 0 radical (unpaired) electrons. The van der Waals surface area contributed by atoms with Crippen LogP contribution in [0.2, 0.25) is 0 Å². The van der Waals surface area contributed by atoms with E-state index < -0.39 is 0 Å². The predicted molar refractivity (Wildman–Crippen MR) is 144 cm³/mol. The summed E-state index contributed by atoms with van der Waals surface area (Å²) in [6.45, 7) is 10.9. The topological polar surface area (TPSA) is 89.7 Å². The molecule has 0 aliphatic heterocycles. The summed E-state index contributed by atoms with van der Waals surface area (Å²) in [7, 11) is 4.49. The molecule has 2 N–H and O–H groups in total. The molecule has 210 valence electrons. The van der Waals surface area contributed by atoms with Gasteiger partial charge in [-0.25, -0.2) is 0 Å². The number of hydrogen-bond donors (Lipinski definition) is 2. The van der Waals surface area contributed by atoms with E-state index in [9.17, 15) is 0 Å². The molecule has 2 rings (SSSR count). The fourth-order valence-electron chi connectivity index (χ4n) is 3.46. The molecule has 0 heterocycles. The average molecular weight is 629 g/mol. The van der Waals surface area contributed by atoms with Crippen molar-refractivity contribution < 1.29 is 47.3 Å². The van der Waals surface area contributed by atoms with Crippen LogP contribution >= 0.6 is 9.53 Å². The van der Waals surface area contributed by atoms with Gasteiger partial charge < -0.3 is 34.2 Å². The maximum absolute atomic E-state index is 8.87. The first-order valence-corrected chi connectivity index (χ1v) is 14.5. The first-order valence-electron chi connectivity index (χ1n) is 12.4. The van der Waals surface area contributed by atoms with Crippen molar-refractivity contribution in [3.05, 3.63) is 53.1 Å². The van der Waals surface area contributed by atoms with Crippen molar-refractivity contribution in [2.24, 2.45) is 4.99 Å². The summed E-state index contributed by atoms with van der Waals surface area (Å²) in [5.41, 5.74) is 4.22. The second kappa shape index (κ2) is 20.5. The number of halogens is 1. The van der Waals surface area contributed by atoms with Crippen LogP contribution in [0.1, 0.15) is 62.6 Å². The van der Waals surface area contributed by atoms with Gasteiger partial charge in [-0.05, 0) is 29.2 Å². The van der Waals surface area contributed by atoms with Gasteiger partial charge in [0.05, 0.1) is 56.8 Å². The molecular formula is C28H40ClNO6Pd. The van der Waals surface area contributed by atoms with Crippen LogP contribution in [0, 0.1) is 6.07 Å². The Morgan fingerprint density at radius 1 is 0.865 bits per heavy atom. The molecule has 0 aromatic heterocycles. The Morgan fingerprint density at radius 2 is 1.46 bits per heavy atom. The van der Waals surface area contributed by atoms with Gasteiger partial charge in [0.15, 0.2) is 0 Å². The molecule has 0 atom stereocenters. The quantitative estimate of drug-likeness (QED) is 0.107. The molecule has 37 heavy (non-hydrogen) atoms. The van der Waals surface area contributed by atoms with E-state index >= 15 is 0 Å². The zero-order chi connectivity index (χ0) is 27.5. The van der Waals surface area contributed by atoms with E-state index in [4.69, 9.17) is 34.2 Å². The number of rotatable bonds is 17. The molecule has 0 bridgehead atoms. The van der Waals surface area contributed by atoms with Gasteiger partial charge in [-0.15, -0.1) is 17.7 Å². The number of benzene rings is 2. The molecule has 0 fully saturated rings. The van der Waals surface area contributed by atoms with Crippen LogP contribution in [0.15, 0.2) is 35.3 Å². The molecule has 2 aromatic rings. The molecule has 7 nitrogen and oxygen atoms in total. The molecule has 0 aliphatic rings. The van der Waals surface area contributed by atoms with Crippen molar-refractivity contribution in [1.82, 2.24) is 0 Å². The third-order valence-corrected chi connectivity index (χ3v) is 5.22. The number of aliphatic hydroxyl groups is 2. The Hall–Kier alpha value is -1.50. The minimum atomic E-state index is -0.0240. The second-order valence-corrected chi connectivity index (χ2v) is 8.69. The number of nitrogens with zero attached hydrogens (tertiary/aromatic N) is 1. The summed E-state index contributed by atoms with van der Waals surface area (Å²) in [6, 6.07) is 13.2. The Bertz CT molecular complexity index is 884. The van der Waals surface area contributed by atoms with Crippen molar-refractivity contribution in [3.8, 4) is 11.5 Å². The average Bonchev–Trinajstić information content (AvgIpc) is 2.90. The maximum atomic E-state index is 8.87. The van der Waals surface area contributed by atoms with E-state index in [0.717, 1.165) is 11.3 Å². The van der Waals surface area contributed by atoms with Crippen LogP contribution < -0.4 is 9.47 Å². The Labute approximate surface area is 236 Å². The van der Waals surface area contributed by atoms with Crippen molar-refractivity contribution >= 4 is 21.4 Å². The third kappa shape index (κ3) is 12.7. The van der Waals surface area contributed by atoms with Gasteiger partial charge in [0.1, 0.15) is 6.61 Å². The van der Waals surface area contributed by atoms with Crippen molar-refractivity contribution in [3.63, 3.8) is 0 Å². The second-order valence-electron chi connectivity index (χ2n) is 8.69. The molecular weight excluding hydrogens is 588 g/mol. The predicted octanol–water partition coefficient (Wildman–Crippen LogP) is 5.34. The van der Waals surface area contributed by atoms with Crippen LogP contribution in [-0.2, 0) is 27.7 Å². The standard InChI is InChI=1S/C28H40NO6.ClH.Pd/c1-21(2)24-7-5-8-25(22(3)4)28(24)29-20-23-9-10-26(34-14-6-13-32-15-11-30)27(19-23)35-18-17-33-16-12-31;;/h5,7-8,10,19-22,30-31H,6,11-18H2,1-4H3;1H;/q-1;;+2/p-1. The van der Waals surface area contributed by atoms with Crippen molar-refractivity contribution in [1.29, 1.82) is 0 Å². The van der Waals surface area contributed by atoms with Crippen molar-refractivity contribution in [2.75, 3.05) is 52.9 Å². The monoisotopic (exact) mass is 627 g/mol. The molecule has 0 unspecified atom stereocenters. The van der Waals surface area contributed by atoms with Gasteiger partial charge in [-0.3, -0.25) is 0 Å². The van der Waals surface area contributed by atoms with Crippen LogP contribution in [0.5, 0.6) is 11.5 Å². The zero-order valence-electron chi connectivity index (χ0n) is 22.2. The van der Waals surface area contributed by atoms with Gasteiger partial charge in [0.25, 0.3) is 0 Å². The van der Waals surface area contributed by atoms with Gasteiger partial charge in [0, 0.05) is 13.0 Å². The van der Waals surface area contributed by atoms with Gasteiger partial charge in [-0.1, -0.05) is 52.0 Å². The number of aliphatic imine (C=N–C) groups is 1. The normalized spacial score (nSPS) is 11.2. The third-order valence-electron chi connectivity index (χ3n) is 5.22. The number of aliphatic hydroxyl groups excluding tert-OH is 2. The molecule has 0 aliphatic carbocycles. The first kappa shape index (κ1) is 33.5. The van der Waals surface area contributed by atoms with E-state index in [1.807, 2.05) is 12.3 Å². The van der Waals surface area contributed by atoms with Gasteiger partial charge >= 0.3 is 27.7 Å². The van der Waals surface area contributed by atoms with Crippen LogP contribution in [-0.4, -0.2) is 69.3 Å². The Kier molecular flexibility index (Phi) is 18.5. The number of hydrogen-bond acceptors (Lipinski definition) is 7. The number of ether oxygens (including phenoxy) is 4. The van der Waals surface area contributed by atoms with Crippen LogP contribution in [0.25, 0.3) is 0 Å². The van der Waals surface area contributed by atoms with E-state index in [-0.39, 0.29) is 19.8 Å². The van der Waals surface area contributed by atoms with Crippen molar-refractivity contribution in [2.45, 2.75) is 46.0 Å². The Morgan fingerprint density at radius 3 is 2.05 bits per heavy atom. The van der Waals surface area contributed by atoms with Gasteiger partial charge in [-0.2, -0.15) is 0 Å². The van der Waals surface area contributed by atoms with E-state index in [1.165, 1.54) is 11.1 Å². The first-order chi connectivity index (χ1) is 18.0. The van der Waals surface area contributed by atoms with E-state index in [2.05, 4.69) is 79.7 Å². The summed E-state index contributed by atoms with van der Waals surface area (Å²) in [4.78, 5) is 4.87. The molecule has 0 amide bonds. The summed E-state index contributed by atoms with van der Waals surface area (Å²) >= 11 is 2.22. The van der Waals surface area contributed by atoms with Gasteiger partial charge in [0.2, 0.25) is 0 Å². The molecule has 2 aromatic carbocycles. The van der Waals surface area contributed by atoms with Crippen LogP contribution in [0.3, 0.4) is 0 Å².